The molecule has 1 aliphatic heterocycles. The second kappa shape index (κ2) is 9.71. The number of hydrogen-bond acceptors (Lipinski definition) is 6. The molecule has 0 radical (unpaired) electrons. The summed E-state index contributed by atoms with van der Waals surface area (Å²) in [4.78, 5) is 19.3. The minimum Gasteiger partial charge on any atom is -0.493 e. The van der Waals surface area contributed by atoms with Gasteiger partial charge in [-0.1, -0.05) is 17.7 Å². The zero-order chi connectivity index (χ0) is 26.2. The Morgan fingerprint density at radius 3 is 2.57 bits per heavy atom. The van der Waals surface area contributed by atoms with Crippen LogP contribution in [0.5, 0.6) is 28.7 Å². The molecule has 190 valence electrons. The van der Waals surface area contributed by atoms with E-state index < -0.39 is 5.60 Å². The molecule has 8 nitrogen and oxygen atoms in total. The van der Waals surface area contributed by atoms with Crippen LogP contribution in [-0.2, 0) is 0 Å². The van der Waals surface area contributed by atoms with Gasteiger partial charge in [0, 0.05) is 34.4 Å². The fourth-order valence-corrected chi connectivity index (χ4v) is 4.45. The van der Waals surface area contributed by atoms with Crippen molar-refractivity contribution in [2.75, 3.05) is 31.0 Å². The van der Waals surface area contributed by atoms with Crippen LogP contribution in [0.25, 0.3) is 10.9 Å². The summed E-state index contributed by atoms with van der Waals surface area (Å²) in [6.07, 6.45) is 1.67. The molecule has 4 aromatic rings. The van der Waals surface area contributed by atoms with Crippen molar-refractivity contribution in [1.82, 2.24) is 4.98 Å². The number of ether oxygens (including phenoxy) is 4. The molecule has 5 rings (SSSR count). The van der Waals surface area contributed by atoms with E-state index in [1.54, 1.807) is 73.8 Å². The Labute approximate surface area is 219 Å². The van der Waals surface area contributed by atoms with E-state index in [0.29, 0.717) is 57.2 Å². The third-order valence-electron chi connectivity index (χ3n) is 5.90. The van der Waals surface area contributed by atoms with Gasteiger partial charge in [-0.05, 0) is 56.3 Å². The molecule has 1 aliphatic rings. The van der Waals surface area contributed by atoms with E-state index in [1.807, 2.05) is 26.0 Å². The van der Waals surface area contributed by atoms with Gasteiger partial charge < -0.3 is 24.3 Å². The van der Waals surface area contributed by atoms with Gasteiger partial charge in [0.1, 0.15) is 22.8 Å². The number of hydrogen-bond donors (Lipinski definition) is 1. The summed E-state index contributed by atoms with van der Waals surface area (Å²) in [6.45, 7) is 4.22. The molecule has 0 saturated heterocycles. The second-order valence-corrected chi connectivity index (χ2v) is 9.59. The second-order valence-electron chi connectivity index (χ2n) is 9.15. The SMILES string of the molecule is COc1cc2nccc(Oc3ccc4c(c3)OC(C)(C)CN4C(=O)Nc3cccc(Cl)c3)c2cc1OC. The van der Waals surface area contributed by atoms with Crippen LogP contribution in [0.3, 0.4) is 0 Å². The highest BCUT2D eigenvalue weighted by Gasteiger charge is 2.35. The maximum atomic E-state index is 13.2. The third kappa shape index (κ3) is 5.06. The summed E-state index contributed by atoms with van der Waals surface area (Å²) >= 11 is 6.08. The number of methoxy groups -OCH3 is 2. The lowest BCUT2D eigenvalue weighted by Crippen LogP contribution is -2.50. The van der Waals surface area contributed by atoms with Gasteiger partial charge in [-0.2, -0.15) is 0 Å². The van der Waals surface area contributed by atoms with Crippen molar-refractivity contribution in [3.63, 3.8) is 0 Å². The van der Waals surface area contributed by atoms with E-state index in [-0.39, 0.29) is 6.03 Å². The molecule has 2 heterocycles. The number of fused-ring (bicyclic) bond motifs is 2. The first-order valence-corrected chi connectivity index (χ1v) is 12.0. The fraction of sp³-hybridized carbons (Fsp3) is 0.214. The molecule has 0 bridgehead atoms. The Kier molecular flexibility index (Phi) is 6.43. The highest BCUT2D eigenvalue weighted by atomic mass is 35.5. The summed E-state index contributed by atoms with van der Waals surface area (Å²) in [5.41, 5.74) is 1.33. The van der Waals surface area contributed by atoms with Crippen molar-refractivity contribution >= 4 is 39.9 Å². The molecule has 2 amide bonds. The van der Waals surface area contributed by atoms with E-state index in [4.69, 9.17) is 30.5 Å². The van der Waals surface area contributed by atoms with Crippen LogP contribution < -0.4 is 29.2 Å². The number of nitrogens with one attached hydrogen (secondary N) is 1. The maximum absolute atomic E-state index is 13.2. The largest absolute Gasteiger partial charge is 0.493 e. The average molecular weight is 520 g/mol. The van der Waals surface area contributed by atoms with Crippen molar-refractivity contribution in [2.24, 2.45) is 0 Å². The minimum atomic E-state index is -0.620. The maximum Gasteiger partial charge on any atom is 0.326 e. The highest BCUT2D eigenvalue weighted by molar-refractivity contribution is 6.30. The first kappa shape index (κ1) is 24.5. The number of carbonyl (C=O) groups excluding carboxylic acids is 1. The van der Waals surface area contributed by atoms with Gasteiger partial charge >= 0.3 is 6.03 Å². The molecule has 0 fully saturated rings. The number of carbonyl (C=O) groups is 1. The molecule has 0 spiro atoms. The molecule has 0 unspecified atom stereocenters. The van der Waals surface area contributed by atoms with Gasteiger partial charge in [0.15, 0.2) is 11.5 Å². The molecule has 1 aromatic heterocycles. The number of aromatic nitrogens is 1. The highest BCUT2D eigenvalue weighted by Crippen LogP contribution is 2.42. The Balaban J connectivity index is 1.46. The van der Waals surface area contributed by atoms with Crippen LogP contribution in [0.15, 0.2) is 66.9 Å². The average Bonchev–Trinajstić information content (AvgIpc) is 2.87. The van der Waals surface area contributed by atoms with Crippen LogP contribution in [0, 0.1) is 0 Å². The predicted octanol–water partition coefficient (Wildman–Crippen LogP) is 6.91. The lowest BCUT2D eigenvalue weighted by atomic mass is 10.1. The van der Waals surface area contributed by atoms with E-state index in [9.17, 15) is 4.79 Å². The molecule has 3 aromatic carbocycles. The summed E-state index contributed by atoms with van der Waals surface area (Å²) < 4.78 is 23.3. The Bertz CT molecular complexity index is 1490. The summed E-state index contributed by atoms with van der Waals surface area (Å²) in [7, 11) is 3.16. The summed E-state index contributed by atoms with van der Waals surface area (Å²) in [5, 5.41) is 4.22. The van der Waals surface area contributed by atoms with Crippen LogP contribution in [0.4, 0.5) is 16.2 Å². The smallest absolute Gasteiger partial charge is 0.326 e. The number of halogens is 1. The van der Waals surface area contributed by atoms with Crippen molar-refractivity contribution in [2.45, 2.75) is 19.4 Å². The van der Waals surface area contributed by atoms with Gasteiger partial charge in [0.05, 0.1) is 32.0 Å². The zero-order valence-corrected chi connectivity index (χ0v) is 21.6. The van der Waals surface area contributed by atoms with E-state index in [2.05, 4.69) is 10.3 Å². The normalized spacial score (nSPS) is 13.9. The molecule has 0 atom stereocenters. The molecule has 1 N–H and O–H groups in total. The topological polar surface area (TPSA) is 82.2 Å². The number of benzene rings is 3. The van der Waals surface area contributed by atoms with Crippen LogP contribution in [0.1, 0.15) is 13.8 Å². The van der Waals surface area contributed by atoms with Gasteiger partial charge in [-0.15, -0.1) is 0 Å². The molecule has 0 saturated carbocycles. The zero-order valence-electron chi connectivity index (χ0n) is 20.9. The molecule has 9 heteroatoms. The lowest BCUT2D eigenvalue weighted by molar-refractivity contribution is 0.107. The van der Waals surface area contributed by atoms with Gasteiger partial charge in [0.2, 0.25) is 0 Å². The van der Waals surface area contributed by atoms with E-state index in [0.717, 1.165) is 5.39 Å². The van der Waals surface area contributed by atoms with Gasteiger partial charge in [-0.25, -0.2) is 4.79 Å². The Hall–Kier alpha value is -4.17. The first-order valence-electron chi connectivity index (χ1n) is 11.6. The van der Waals surface area contributed by atoms with Crippen molar-refractivity contribution in [1.29, 1.82) is 0 Å². The first-order chi connectivity index (χ1) is 17.8. The van der Waals surface area contributed by atoms with E-state index in [1.165, 1.54) is 0 Å². The molecular formula is C28H26ClN3O5. The fourth-order valence-electron chi connectivity index (χ4n) is 4.26. The number of amides is 2. The summed E-state index contributed by atoms with van der Waals surface area (Å²) in [6, 6.07) is 17.5. The van der Waals surface area contributed by atoms with Gasteiger partial charge in [0.25, 0.3) is 0 Å². The van der Waals surface area contributed by atoms with Crippen molar-refractivity contribution in [3.8, 4) is 28.7 Å². The molecule has 0 aliphatic carbocycles. The van der Waals surface area contributed by atoms with Crippen LogP contribution in [0.2, 0.25) is 5.02 Å². The predicted molar refractivity (Wildman–Crippen MR) is 144 cm³/mol. The standard InChI is InChI=1S/C28H26ClN3O5/c1-28(2)16-32(27(33)31-18-7-5-6-17(29)12-18)22-9-8-19(13-24(22)37-28)36-23-10-11-30-21-15-26(35-4)25(34-3)14-20(21)23/h5-15H,16H2,1-4H3,(H,31,33). The number of rotatable bonds is 5. The minimum absolute atomic E-state index is 0.283. The van der Waals surface area contributed by atoms with Gasteiger partial charge in [-0.3, -0.25) is 9.88 Å². The third-order valence-corrected chi connectivity index (χ3v) is 6.14. The quantitative estimate of drug-likeness (QED) is 0.308. The Morgan fingerprint density at radius 2 is 1.81 bits per heavy atom. The Morgan fingerprint density at radius 1 is 1.03 bits per heavy atom. The molecule has 37 heavy (non-hydrogen) atoms. The van der Waals surface area contributed by atoms with Crippen LogP contribution >= 0.6 is 11.6 Å². The number of anilines is 2. The van der Waals surface area contributed by atoms with E-state index >= 15 is 0 Å². The number of pyridine rings is 1. The lowest BCUT2D eigenvalue weighted by Gasteiger charge is -2.39. The monoisotopic (exact) mass is 519 g/mol. The van der Waals surface area contributed by atoms with Crippen molar-refractivity contribution < 1.29 is 23.7 Å². The van der Waals surface area contributed by atoms with Crippen LogP contribution in [-0.4, -0.2) is 37.4 Å². The number of urea groups is 1. The number of nitrogens with zero attached hydrogens (tertiary/aromatic N) is 2. The summed E-state index contributed by atoms with van der Waals surface area (Å²) in [5.74, 6) is 2.84. The molecular weight excluding hydrogens is 494 g/mol. The van der Waals surface area contributed by atoms with Crippen molar-refractivity contribution in [3.05, 3.63) is 71.9 Å².